The van der Waals surface area contributed by atoms with Gasteiger partial charge in [-0.3, -0.25) is 0 Å². The van der Waals surface area contributed by atoms with E-state index >= 15 is 0 Å². The summed E-state index contributed by atoms with van der Waals surface area (Å²) < 4.78 is 6.94. The Labute approximate surface area is 120 Å². The summed E-state index contributed by atoms with van der Waals surface area (Å²) in [4.78, 5) is 0. The van der Waals surface area contributed by atoms with Gasteiger partial charge in [-0.2, -0.15) is 0 Å². The van der Waals surface area contributed by atoms with Gasteiger partial charge < -0.3 is 4.74 Å². The first-order valence-corrected chi connectivity index (χ1v) is 6.90. The smallest absolute Gasteiger partial charge is 0.140 e. The molecule has 0 spiro atoms. The average molecular weight is 359 g/mol. The molecule has 0 aromatic heterocycles. The first-order chi connectivity index (χ1) is 8.20. The molecule has 0 bridgehead atoms. The van der Waals surface area contributed by atoms with Crippen molar-refractivity contribution in [2.24, 2.45) is 0 Å². The van der Waals surface area contributed by atoms with Crippen LogP contribution < -0.4 is 4.74 Å². The highest BCUT2D eigenvalue weighted by Crippen LogP contribution is 2.27. The van der Waals surface area contributed by atoms with Gasteiger partial charge in [0.15, 0.2) is 0 Å². The van der Waals surface area contributed by atoms with E-state index in [0.717, 1.165) is 26.2 Å². The Balaban J connectivity index is 2.25. The molecular formula is C14H12ClIO. The SMILES string of the molecule is Cc1cc(Oc2ccccc2I)ccc1CCl. The third-order valence-electron chi connectivity index (χ3n) is 2.52. The van der Waals surface area contributed by atoms with E-state index < -0.39 is 0 Å². The number of benzene rings is 2. The molecule has 0 saturated heterocycles. The first kappa shape index (κ1) is 12.7. The predicted molar refractivity (Wildman–Crippen MR) is 80.0 cm³/mol. The third kappa shape index (κ3) is 3.13. The minimum atomic E-state index is 0.537. The summed E-state index contributed by atoms with van der Waals surface area (Å²) in [5.41, 5.74) is 2.30. The fourth-order valence-corrected chi connectivity index (χ4v) is 2.33. The van der Waals surface area contributed by atoms with Crippen LogP contribution >= 0.6 is 34.2 Å². The van der Waals surface area contributed by atoms with Crippen LogP contribution in [0.25, 0.3) is 0 Å². The molecule has 0 unspecified atom stereocenters. The number of hydrogen-bond donors (Lipinski definition) is 0. The number of alkyl halides is 1. The van der Waals surface area contributed by atoms with Crippen LogP contribution in [0.15, 0.2) is 42.5 Å². The van der Waals surface area contributed by atoms with Crippen LogP contribution in [0.4, 0.5) is 0 Å². The standard InChI is InChI=1S/C14H12ClIO/c1-10-8-12(7-6-11(10)9-15)17-14-5-3-2-4-13(14)16/h2-8H,9H2,1H3. The molecule has 0 saturated carbocycles. The van der Waals surface area contributed by atoms with Crippen molar-refractivity contribution in [3.63, 3.8) is 0 Å². The molecule has 2 rings (SSSR count). The second-order valence-corrected chi connectivity index (χ2v) is 5.18. The quantitative estimate of drug-likeness (QED) is 0.546. The van der Waals surface area contributed by atoms with E-state index in [4.69, 9.17) is 16.3 Å². The van der Waals surface area contributed by atoms with Gasteiger partial charge in [0.05, 0.1) is 3.57 Å². The Morgan fingerprint density at radius 2 is 1.94 bits per heavy atom. The molecule has 2 aromatic carbocycles. The van der Waals surface area contributed by atoms with Crippen molar-refractivity contribution < 1.29 is 4.74 Å². The van der Waals surface area contributed by atoms with Crippen LogP contribution in [0.2, 0.25) is 0 Å². The van der Waals surface area contributed by atoms with Crippen molar-refractivity contribution in [1.82, 2.24) is 0 Å². The fraction of sp³-hybridized carbons (Fsp3) is 0.143. The second kappa shape index (κ2) is 5.74. The molecule has 0 heterocycles. The number of hydrogen-bond acceptors (Lipinski definition) is 1. The minimum absolute atomic E-state index is 0.537. The highest BCUT2D eigenvalue weighted by molar-refractivity contribution is 14.1. The number of aryl methyl sites for hydroxylation is 1. The fourth-order valence-electron chi connectivity index (χ4n) is 1.54. The summed E-state index contributed by atoms with van der Waals surface area (Å²) in [5, 5.41) is 0. The van der Waals surface area contributed by atoms with Gasteiger partial charge in [0.1, 0.15) is 11.5 Å². The molecule has 3 heteroatoms. The average Bonchev–Trinajstić information content (AvgIpc) is 2.32. The van der Waals surface area contributed by atoms with Gasteiger partial charge >= 0.3 is 0 Å². The molecule has 0 aliphatic rings. The van der Waals surface area contributed by atoms with Gasteiger partial charge in [0.25, 0.3) is 0 Å². The van der Waals surface area contributed by atoms with Crippen LogP contribution in [-0.4, -0.2) is 0 Å². The number of halogens is 2. The Bertz CT molecular complexity index is 525. The first-order valence-electron chi connectivity index (χ1n) is 5.28. The van der Waals surface area contributed by atoms with Crippen LogP contribution in [0, 0.1) is 10.5 Å². The largest absolute Gasteiger partial charge is 0.456 e. The topological polar surface area (TPSA) is 9.23 Å². The molecule has 0 atom stereocenters. The molecular weight excluding hydrogens is 347 g/mol. The van der Waals surface area contributed by atoms with Crippen molar-refractivity contribution in [2.45, 2.75) is 12.8 Å². The van der Waals surface area contributed by atoms with E-state index in [0.29, 0.717) is 5.88 Å². The molecule has 0 N–H and O–H groups in total. The van der Waals surface area contributed by atoms with E-state index in [1.165, 1.54) is 0 Å². The van der Waals surface area contributed by atoms with Crippen molar-refractivity contribution in [3.8, 4) is 11.5 Å². The van der Waals surface area contributed by atoms with E-state index in [1.54, 1.807) is 0 Å². The zero-order valence-corrected chi connectivity index (χ0v) is 12.3. The number of ether oxygens (including phenoxy) is 1. The van der Waals surface area contributed by atoms with E-state index in [2.05, 4.69) is 22.6 Å². The summed E-state index contributed by atoms with van der Waals surface area (Å²) >= 11 is 8.09. The highest BCUT2D eigenvalue weighted by Gasteiger charge is 2.03. The molecule has 17 heavy (non-hydrogen) atoms. The lowest BCUT2D eigenvalue weighted by Gasteiger charge is -2.09. The normalized spacial score (nSPS) is 10.3. The van der Waals surface area contributed by atoms with Crippen molar-refractivity contribution in [1.29, 1.82) is 0 Å². The van der Waals surface area contributed by atoms with E-state index in [9.17, 15) is 0 Å². The Morgan fingerprint density at radius 1 is 1.18 bits per heavy atom. The third-order valence-corrected chi connectivity index (χ3v) is 3.70. The van der Waals surface area contributed by atoms with Gasteiger partial charge in [-0.15, -0.1) is 11.6 Å². The number of para-hydroxylation sites is 1. The van der Waals surface area contributed by atoms with Gasteiger partial charge in [-0.1, -0.05) is 18.2 Å². The van der Waals surface area contributed by atoms with Crippen molar-refractivity contribution in [2.75, 3.05) is 0 Å². The van der Waals surface area contributed by atoms with Crippen LogP contribution in [0.5, 0.6) is 11.5 Å². The van der Waals surface area contributed by atoms with Crippen LogP contribution in [0.3, 0.4) is 0 Å². The summed E-state index contributed by atoms with van der Waals surface area (Å²) in [6.45, 7) is 2.04. The van der Waals surface area contributed by atoms with Gasteiger partial charge in [-0.25, -0.2) is 0 Å². The summed E-state index contributed by atoms with van der Waals surface area (Å²) in [6, 6.07) is 13.9. The highest BCUT2D eigenvalue weighted by atomic mass is 127. The molecule has 2 aromatic rings. The maximum atomic E-state index is 5.84. The Hall–Kier alpha value is -0.740. The maximum absolute atomic E-state index is 5.84. The lowest BCUT2D eigenvalue weighted by Crippen LogP contribution is -1.90. The Kier molecular flexibility index (Phi) is 4.29. The maximum Gasteiger partial charge on any atom is 0.140 e. The number of rotatable bonds is 3. The van der Waals surface area contributed by atoms with E-state index in [-0.39, 0.29) is 0 Å². The van der Waals surface area contributed by atoms with Crippen molar-refractivity contribution in [3.05, 3.63) is 57.2 Å². The summed E-state index contributed by atoms with van der Waals surface area (Å²) in [5.74, 6) is 2.27. The van der Waals surface area contributed by atoms with Crippen LogP contribution in [0.1, 0.15) is 11.1 Å². The second-order valence-electron chi connectivity index (χ2n) is 3.75. The zero-order chi connectivity index (χ0) is 12.3. The lowest BCUT2D eigenvalue weighted by molar-refractivity contribution is 0.478. The van der Waals surface area contributed by atoms with E-state index in [1.807, 2.05) is 49.4 Å². The monoisotopic (exact) mass is 358 g/mol. The van der Waals surface area contributed by atoms with Crippen molar-refractivity contribution >= 4 is 34.2 Å². The molecule has 0 fully saturated rings. The predicted octanol–water partition coefficient (Wildman–Crippen LogP) is 5.13. The van der Waals surface area contributed by atoms with Gasteiger partial charge in [0, 0.05) is 5.88 Å². The van der Waals surface area contributed by atoms with Crippen LogP contribution in [-0.2, 0) is 5.88 Å². The summed E-state index contributed by atoms with van der Waals surface area (Å²) in [6.07, 6.45) is 0. The minimum Gasteiger partial charge on any atom is -0.456 e. The molecule has 0 radical (unpaired) electrons. The molecule has 0 aliphatic carbocycles. The van der Waals surface area contributed by atoms with Gasteiger partial charge in [-0.05, 0) is 64.9 Å². The lowest BCUT2D eigenvalue weighted by atomic mass is 10.1. The zero-order valence-electron chi connectivity index (χ0n) is 9.41. The molecule has 0 amide bonds. The molecule has 0 aliphatic heterocycles. The summed E-state index contributed by atoms with van der Waals surface area (Å²) in [7, 11) is 0. The Morgan fingerprint density at radius 3 is 2.59 bits per heavy atom. The molecule has 88 valence electrons. The molecule has 1 nitrogen and oxygen atoms in total. The van der Waals surface area contributed by atoms with Gasteiger partial charge in [0.2, 0.25) is 0 Å².